The third-order valence-corrected chi connectivity index (χ3v) is 4.41. The highest BCUT2D eigenvalue weighted by atomic mass is 19.4. The molecule has 0 bridgehead atoms. The minimum absolute atomic E-state index is 0.125. The van der Waals surface area contributed by atoms with Gasteiger partial charge in [-0.3, -0.25) is 0 Å². The molecule has 0 aromatic carbocycles. The summed E-state index contributed by atoms with van der Waals surface area (Å²) in [5.74, 6) is -37.2. The molecule has 2 nitrogen and oxygen atoms in total. The molecule has 0 heterocycles. The van der Waals surface area contributed by atoms with Crippen molar-refractivity contribution >= 4 is 0 Å². The average molecular weight is 494 g/mol. The molecule has 16 heteroatoms. The molecule has 2 rings (SSSR count). The van der Waals surface area contributed by atoms with E-state index in [2.05, 4.69) is 9.47 Å². The van der Waals surface area contributed by atoms with Crippen molar-refractivity contribution in [2.24, 2.45) is 0 Å². The summed E-state index contributed by atoms with van der Waals surface area (Å²) in [5, 5.41) is 0. The van der Waals surface area contributed by atoms with E-state index in [0.29, 0.717) is 0 Å². The van der Waals surface area contributed by atoms with Crippen molar-refractivity contribution in [1.29, 1.82) is 0 Å². The fraction of sp³-hybridized carbons (Fsp3) is 1.00. The standard InChI is InChI=1S/C8H8F8O.C7H8F6O/c1-2-3-17-6(12)4(9)5(10,11)7(13,14)8(6,15)16;1-2-3-14-6(11)4(8)5(9,10)7(6,12)13/h4H,2-3H2,1H3;4H,2-3H2,1H3. The lowest BCUT2D eigenvalue weighted by Gasteiger charge is -2.49. The maximum absolute atomic E-state index is 13.4. The largest absolute Gasteiger partial charge is 0.381 e. The Bertz CT molecular complexity index is 641. The van der Waals surface area contributed by atoms with Gasteiger partial charge in [0.1, 0.15) is 0 Å². The summed E-state index contributed by atoms with van der Waals surface area (Å²) in [6.45, 7) is 1.30. The number of alkyl halides is 14. The van der Waals surface area contributed by atoms with E-state index >= 15 is 0 Å². The quantitative estimate of drug-likeness (QED) is 0.420. The maximum Gasteiger partial charge on any atom is 0.381 e. The Hall–Kier alpha value is -1.06. The van der Waals surface area contributed by atoms with Crippen LogP contribution in [0.5, 0.6) is 0 Å². The van der Waals surface area contributed by atoms with Crippen molar-refractivity contribution in [2.75, 3.05) is 13.2 Å². The lowest BCUT2D eigenvalue weighted by molar-refractivity contribution is -0.464. The molecule has 0 spiro atoms. The van der Waals surface area contributed by atoms with Crippen LogP contribution in [-0.4, -0.2) is 66.9 Å². The topological polar surface area (TPSA) is 18.5 Å². The van der Waals surface area contributed by atoms with Gasteiger partial charge in [0.2, 0.25) is 12.3 Å². The first-order chi connectivity index (χ1) is 13.7. The van der Waals surface area contributed by atoms with Crippen molar-refractivity contribution < 1.29 is 70.9 Å². The van der Waals surface area contributed by atoms with Gasteiger partial charge in [0.15, 0.2) is 0 Å². The van der Waals surface area contributed by atoms with Crippen LogP contribution in [0.15, 0.2) is 0 Å². The molecule has 31 heavy (non-hydrogen) atoms. The molecule has 4 unspecified atom stereocenters. The van der Waals surface area contributed by atoms with Crippen molar-refractivity contribution in [3.63, 3.8) is 0 Å². The monoisotopic (exact) mass is 494 g/mol. The maximum atomic E-state index is 13.4. The molecule has 2 aliphatic rings. The Morgan fingerprint density at radius 2 is 0.806 bits per heavy atom. The second-order valence-electron chi connectivity index (χ2n) is 6.68. The van der Waals surface area contributed by atoms with Crippen molar-refractivity contribution in [3.8, 4) is 0 Å². The lowest BCUT2D eigenvalue weighted by atomic mass is 9.80. The third-order valence-electron chi connectivity index (χ3n) is 4.41. The molecule has 0 radical (unpaired) electrons. The second-order valence-corrected chi connectivity index (χ2v) is 6.68. The first kappa shape index (κ1) is 28.0. The van der Waals surface area contributed by atoms with Crippen LogP contribution < -0.4 is 0 Å². The Morgan fingerprint density at radius 3 is 1.03 bits per heavy atom. The fourth-order valence-corrected chi connectivity index (χ4v) is 2.50. The van der Waals surface area contributed by atoms with Gasteiger partial charge in [-0.05, 0) is 12.8 Å². The minimum Gasteiger partial charge on any atom is -0.339 e. The molecule has 186 valence electrons. The lowest BCUT2D eigenvalue weighted by Crippen LogP contribution is -2.79. The molecule has 2 fully saturated rings. The van der Waals surface area contributed by atoms with Gasteiger partial charge in [0, 0.05) is 0 Å². The number of hydrogen-bond acceptors (Lipinski definition) is 2. The van der Waals surface area contributed by atoms with Gasteiger partial charge < -0.3 is 9.47 Å². The van der Waals surface area contributed by atoms with Gasteiger partial charge in [-0.15, -0.1) is 0 Å². The Morgan fingerprint density at radius 1 is 0.516 bits per heavy atom. The fourth-order valence-electron chi connectivity index (χ4n) is 2.50. The van der Waals surface area contributed by atoms with Crippen LogP contribution in [-0.2, 0) is 9.47 Å². The Kier molecular flexibility index (Phi) is 7.27. The summed E-state index contributed by atoms with van der Waals surface area (Å²) in [6, 6.07) is 0. The summed E-state index contributed by atoms with van der Waals surface area (Å²) in [5.41, 5.74) is 0. The molecule has 0 amide bonds. The molecule has 4 atom stereocenters. The molecule has 0 aromatic rings. The summed E-state index contributed by atoms with van der Waals surface area (Å²) in [6.07, 6.45) is -8.06. The molecular weight excluding hydrogens is 478 g/mol. The van der Waals surface area contributed by atoms with E-state index in [1.807, 2.05) is 0 Å². The van der Waals surface area contributed by atoms with Crippen LogP contribution in [0.4, 0.5) is 61.5 Å². The highest BCUT2D eigenvalue weighted by Gasteiger charge is 2.94. The average Bonchev–Trinajstić information content (AvgIpc) is 2.74. The van der Waals surface area contributed by atoms with E-state index in [1.54, 1.807) is 0 Å². The van der Waals surface area contributed by atoms with E-state index in [9.17, 15) is 61.5 Å². The molecular formula is C15H16F14O2. The molecule has 0 aromatic heterocycles. The second kappa shape index (κ2) is 8.06. The summed E-state index contributed by atoms with van der Waals surface area (Å²) in [7, 11) is 0. The minimum atomic E-state index is -6.15. The summed E-state index contributed by atoms with van der Waals surface area (Å²) >= 11 is 0. The summed E-state index contributed by atoms with van der Waals surface area (Å²) in [4.78, 5) is 0. The van der Waals surface area contributed by atoms with Crippen molar-refractivity contribution in [3.05, 3.63) is 0 Å². The number of halogens is 14. The van der Waals surface area contributed by atoms with E-state index in [1.165, 1.54) is 13.8 Å². The third kappa shape index (κ3) is 3.46. The normalized spacial score (nSPS) is 38.7. The zero-order valence-electron chi connectivity index (χ0n) is 15.6. The van der Waals surface area contributed by atoms with Crippen LogP contribution in [0.25, 0.3) is 0 Å². The SMILES string of the molecule is CCCOC1(F)C(F)C(F)(F)C(F)(F)C1(F)F.CCCOC1(F)C(F)C(F)(F)C1(F)F. The van der Waals surface area contributed by atoms with Gasteiger partial charge in [0.25, 0.3) is 0 Å². The van der Waals surface area contributed by atoms with Crippen LogP contribution in [0, 0.1) is 0 Å². The highest BCUT2D eigenvalue weighted by molar-refractivity contribution is 5.20. The zero-order valence-corrected chi connectivity index (χ0v) is 15.6. The van der Waals surface area contributed by atoms with Crippen LogP contribution in [0.3, 0.4) is 0 Å². The first-order valence-electron chi connectivity index (χ1n) is 8.51. The van der Waals surface area contributed by atoms with E-state index in [-0.39, 0.29) is 12.8 Å². The molecule has 0 saturated heterocycles. The van der Waals surface area contributed by atoms with Crippen LogP contribution in [0.1, 0.15) is 26.7 Å². The van der Waals surface area contributed by atoms with Gasteiger partial charge in [-0.1, -0.05) is 13.8 Å². The predicted octanol–water partition coefficient (Wildman–Crippen LogP) is 6.04. The van der Waals surface area contributed by atoms with Gasteiger partial charge >= 0.3 is 41.3 Å². The van der Waals surface area contributed by atoms with Gasteiger partial charge in [-0.25, -0.2) is 17.6 Å². The number of hydrogen-bond donors (Lipinski definition) is 0. The van der Waals surface area contributed by atoms with E-state index in [0.717, 1.165) is 0 Å². The van der Waals surface area contributed by atoms with E-state index in [4.69, 9.17) is 0 Å². The van der Waals surface area contributed by atoms with Gasteiger partial charge in [-0.2, -0.15) is 43.9 Å². The van der Waals surface area contributed by atoms with Crippen molar-refractivity contribution in [1.82, 2.24) is 0 Å². The van der Waals surface area contributed by atoms with E-state index < -0.39 is 66.9 Å². The van der Waals surface area contributed by atoms with Crippen LogP contribution >= 0.6 is 0 Å². The smallest absolute Gasteiger partial charge is 0.339 e. The molecule has 0 aliphatic heterocycles. The molecule has 2 aliphatic carbocycles. The van der Waals surface area contributed by atoms with Crippen LogP contribution in [0.2, 0.25) is 0 Å². The number of ether oxygens (including phenoxy) is 2. The molecule has 2 saturated carbocycles. The summed E-state index contributed by atoms with van der Waals surface area (Å²) < 4.78 is 184. The van der Waals surface area contributed by atoms with Gasteiger partial charge in [0.05, 0.1) is 13.2 Å². The zero-order chi connectivity index (χ0) is 24.9. The number of rotatable bonds is 6. The predicted molar refractivity (Wildman–Crippen MR) is 74.7 cm³/mol. The highest BCUT2D eigenvalue weighted by Crippen LogP contribution is 2.64. The molecule has 0 N–H and O–H groups in total. The first-order valence-corrected chi connectivity index (χ1v) is 8.51. The van der Waals surface area contributed by atoms with Crippen molar-refractivity contribution in [2.45, 2.75) is 80.4 Å². The Labute approximate surface area is 165 Å². The Balaban J connectivity index is 0.000000316.